The van der Waals surface area contributed by atoms with E-state index >= 15 is 0 Å². The fourth-order valence-corrected chi connectivity index (χ4v) is 2.66. The SMILES string of the molecule is COC(=O)C1CCCN(C(=O)CNC(=O)c2ccc(Cl)cc2)C1. The second-order valence-electron chi connectivity index (χ2n) is 5.39. The van der Waals surface area contributed by atoms with Gasteiger partial charge in [0, 0.05) is 23.7 Å². The summed E-state index contributed by atoms with van der Waals surface area (Å²) < 4.78 is 4.73. The van der Waals surface area contributed by atoms with Crippen molar-refractivity contribution < 1.29 is 19.1 Å². The molecule has 1 aliphatic rings. The van der Waals surface area contributed by atoms with E-state index in [1.54, 1.807) is 29.2 Å². The van der Waals surface area contributed by atoms with Gasteiger partial charge in [0.05, 0.1) is 19.6 Å². The van der Waals surface area contributed by atoms with Crippen molar-refractivity contribution in [2.75, 3.05) is 26.7 Å². The molecule has 1 aromatic carbocycles. The second kappa shape index (κ2) is 7.97. The third kappa shape index (κ3) is 4.69. The molecule has 1 unspecified atom stereocenters. The number of rotatable bonds is 4. The quantitative estimate of drug-likeness (QED) is 0.844. The van der Waals surface area contributed by atoms with Gasteiger partial charge in [0.1, 0.15) is 0 Å². The molecule has 0 saturated carbocycles. The molecule has 7 heteroatoms. The highest BCUT2D eigenvalue weighted by molar-refractivity contribution is 6.30. The standard InChI is InChI=1S/C16H19ClN2O4/c1-23-16(22)12-3-2-8-19(10-12)14(20)9-18-15(21)11-4-6-13(17)7-5-11/h4-7,12H,2-3,8-10H2,1H3,(H,18,21). The summed E-state index contributed by atoms with van der Waals surface area (Å²) in [6, 6.07) is 6.42. The highest BCUT2D eigenvalue weighted by Crippen LogP contribution is 2.17. The number of halogens is 1. The van der Waals surface area contributed by atoms with Crippen LogP contribution < -0.4 is 5.32 Å². The molecule has 124 valence electrons. The van der Waals surface area contributed by atoms with Gasteiger partial charge >= 0.3 is 5.97 Å². The predicted octanol–water partition coefficient (Wildman–Crippen LogP) is 1.48. The molecular weight excluding hydrogens is 320 g/mol. The molecule has 1 heterocycles. The molecule has 1 aliphatic heterocycles. The molecule has 0 bridgehead atoms. The molecule has 2 rings (SSSR count). The maximum absolute atomic E-state index is 12.2. The molecule has 0 radical (unpaired) electrons. The summed E-state index contributed by atoms with van der Waals surface area (Å²) in [7, 11) is 1.34. The Morgan fingerprint density at radius 2 is 2.00 bits per heavy atom. The van der Waals surface area contributed by atoms with Crippen molar-refractivity contribution in [3.8, 4) is 0 Å². The molecule has 1 N–H and O–H groups in total. The lowest BCUT2D eigenvalue weighted by Crippen LogP contribution is -2.46. The maximum Gasteiger partial charge on any atom is 0.310 e. The third-order valence-corrected chi connectivity index (χ3v) is 4.07. The summed E-state index contributed by atoms with van der Waals surface area (Å²) in [5, 5.41) is 3.13. The molecule has 1 aromatic rings. The van der Waals surface area contributed by atoms with E-state index in [0.717, 1.165) is 6.42 Å². The second-order valence-corrected chi connectivity index (χ2v) is 5.83. The van der Waals surface area contributed by atoms with Crippen LogP contribution in [0.5, 0.6) is 0 Å². The normalized spacial score (nSPS) is 17.5. The molecule has 0 spiro atoms. The van der Waals surface area contributed by atoms with Crippen LogP contribution in [0.25, 0.3) is 0 Å². The number of likely N-dealkylation sites (tertiary alicyclic amines) is 1. The van der Waals surface area contributed by atoms with Crippen LogP contribution in [0.2, 0.25) is 5.02 Å². The Bertz CT molecular complexity index is 588. The lowest BCUT2D eigenvalue weighted by Gasteiger charge is -2.31. The third-order valence-electron chi connectivity index (χ3n) is 3.82. The predicted molar refractivity (Wildman–Crippen MR) is 85.1 cm³/mol. The molecule has 1 atom stereocenters. The zero-order valence-electron chi connectivity index (χ0n) is 12.9. The van der Waals surface area contributed by atoms with E-state index in [4.69, 9.17) is 16.3 Å². The number of nitrogens with one attached hydrogen (secondary N) is 1. The van der Waals surface area contributed by atoms with Crippen LogP contribution in [0.4, 0.5) is 0 Å². The summed E-state index contributed by atoms with van der Waals surface area (Å²) in [6.07, 6.45) is 1.46. The number of ether oxygens (including phenoxy) is 1. The van der Waals surface area contributed by atoms with E-state index in [0.29, 0.717) is 30.1 Å². The minimum absolute atomic E-state index is 0.102. The minimum Gasteiger partial charge on any atom is -0.469 e. The van der Waals surface area contributed by atoms with Crippen LogP contribution in [0, 0.1) is 5.92 Å². The van der Waals surface area contributed by atoms with Gasteiger partial charge in [0.15, 0.2) is 0 Å². The van der Waals surface area contributed by atoms with Crippen molar-refractivity contribution in [1.29, 1.82) is 0 Å². The Kier molecular flexibility index (Phi) is 5.98. The Balaban J connectivity index is 1.85. The largest absolute Gasteiger partial charge is 0.469 e. The van der Waals surface area contributed by atoms with E-state index in [9.17, 15) is 14.4 Å². The van der Waals surface area contributed by atoms with Gasteiger partial charge in [0.2, 0.25) is 5.91 Å². The van der Waals surface area contributed by atoms with E-state index < -0.39 is 0 Å². The summed E-state index contributed by atoms with van der Waals surface area (Å²) in [5.41, 5.74) is 0.438. The van der Waals surface area contributed by atoms with Crippen molar-refractivity contribution >= 4 is 29.4 Å². The summed E-state index contributed by atoms with van der Waals surface area (Å²) in [4.78, 5) is 37.3. The Hall–Kier alpha value is -2.08. The molecular formula is C16H19ClN2O4. The first-order valence-electron chi connectivity index (χ1n) is 7.40. The number of nitrogens with zero attached hydrogens (tertiary/aromatic N) is 1. The van der Waals surface area contributed by atoms with Gasteiger partial charge in [-0.25, -0.2) is 0 Å². The highest BCUT2D eigenvalue weighted by Gasteiger charge is 2.28. The Labute approximate surface area is 139 Å². The van der Waals surface area contributed by atoms with Crippen molar-refractivity contribution in [3.63, 3.8) is 0 Å². The van der Waals surface area contributed by atoms with Crippen LogP contribution in [0.3, 0.4) is 0 Å². The van der Waals surface area contributed by atoms with Gasteiger partial charge < -0.3 is 15.0 Å². The van der Waals surface area contributed by atoms with E-state index in [2.05, 4.69) is 5.32 Å². The first-order chi connectivity index (χ1) is 11.0. The molecule has 23 heavy (non-hydrogen) atoms. The molecule has 2 amide bonds. The number of benzene rings is 1. The topological polar surface area (TPSA) is 75.7 Å². The van der Waals surface area contributed by atoms with Gasteiger partial charge in [-0.05, 0) is 37.1 Å². The number of hydrogen-bond acceptors (Lipinski definition) is 4. The number of carbonyl (C=O) groups excluding carboxylic acids is 3. The van der Waals surface area contributed by atoms with Crippen molar-refractivity contribution in [3.05, 3.63) is 34.9 Å². The van der Waals surface area contributed by atoms with Gasteiger partial charge in [-0.1, -0.05) is 11.6 Å². The smallest absolute Gasteiger partial charge is 0.310 e. The number of carbonyl (C=O) groups is 3. The van der Waals surface area contributed by atoms with E-state index in [1.165, 1.54) is 7.11 Å². The number of methoxy groups -OCH3 is 1. The van der Waals surface area contributed by atoms with Gasteiger partial charge in [-0.2, -0.15) is 0 Å². The van der Waals surface area contributed by atoms with Crippen LogP contribution in [0.15, 0.2) is 24.3 Å². The molecule has 0 aliphatic carbocycles. The lowest BCUT2D eigenvalue weighted by molar-refractivity contribution is -0.148. The van der Waals surface area contributed by atoms with Crippen LogP contribution in [-0.2, 0) is 14.3 Å². The summed E-state index contributed by atoms with van der Waals surface area (Å²) in [6.45, 7) is 0.820. The number of amides is 2. The Morgan fingerprint density at radius 3 is 2.65 bits per heavy atom. The number of piperidine rings is 1. The molecule has 1 fully saturated rings. The van der Waals surface area contributed by atoms with Crippen LogP contribution in [-0.4, -0.2) is 49.4 Å². The zero-order valence-corrected chi connectivity index (χ0v) is 13.6. The van der Waals surface area contributed by atoms with Crippen molar-refractivity contribution in [2.24, 2.45) is 5.92 Å². The minimum atomic E-state index is -0.337. The number of hydrogen-bond donors (Lipinski definition) is 1. The van der Waals surface area contributed by atoms with E-state index in [-0.39, 0.29) is 30.2 Å². The van der Waals surface area contributed by atoms with Crippen LogP contribution in [0.1, 0.15) is 23.2 Å². The first kappa shape index (κ1) is 17.3. The molecule has 0 aromatic heterocycles. The van der Waals surface area contributed by atoms with Gasteiger partial charge in [-0.15, -0.1) is 0 Å². The van der Waals surface area contributed by atoms with Gasteiger partial charge in [0.25, 0.3) is 5.91 Å². The zero-order chi connectivity index (χ0) is 16.8. The first-order valence-corrected chi connectivity index (χ1v) is 7.78. The summed E-state index contributed by atoms with van der Waals surface area (Å²) >= 11 is 5.77. The lowest BCUT2D eigenvalue weighted by atomic mass is 9.98. The van der Waals surface area contributed by atoms with Gasteiger partial charge in [-0.3, -0.25) is 14.4 Å². The average Bonchev–Trinajstić information content (AvgIpc) is 2.59. The van der Waals surface area contributed by atoms with Crippen molar-refractivity contribution in [2.45, 2.75) is 12.8 Å². The van der Waals surface area contributed by atoms with Crippen LogP contribution >= 0.6 is 11.6 Å². The summed E-state index contributed by atoms with van der Waals surface area (Å²) in [5.74, 6) is -1.13. The number of esters is 1. The molecule has 6 nitrogen and oxygen atoms in total. The van der Waals surface area contributed by atoms with E-state index in [1.807, 2.05) is 0 Å². The highest BCUT2D eigenvalue weighted by atomic mass is 35.5. The van der Waals surface area contributed by atoms with Crippen molar-refractivity contribution in [1.82, 2.24) is 10.2 Å². The maximum atomic E-state index is 12.2. The Morgan fingerprint density at radius 1 is 1.30 bits per heavy atom. The fraction of sp³-hybridized carbons (Fsp3) is 0.438. The fourth-order valence-electron chi connectivity index (χ4n) is 2.53. The molecule has 1 saturated heterocycles. The average molecular weight is 339 g/mol. The monoisotopic (exact) mass is 338 g/mol.